The van der Waals surface area contributed by atoms with E-state index in [1.54, 1.807) is 13.4 Å². The number of imidazole rings is 1. The minimum absolute atomic E-state index is 0.263. The molecular weight excluding hydrogens is 268 g/mol. The molecule has 0 amide bonds. The van der Waals surface area contributed by atoms with Crippen molar-refractivity contribution in [2.24, 2.45) is 0 Å². The Balaban J connectivity index is 1.93. The number of H-pyrrole nitrogens is 1. The van der Waals surface area contributed by atoms with Gasteiger partial charge in [-0.15, -0.1) is 0 Å². The molecule has 1 aliphatic rings. The first-order valence-corrected chi connectivity index (χ1v) is 7.54. The van der Waals surface area contributed by atoms with Crippen LogP contribution in [-0.2, 0) is 4.74 Å². The summed E-state index contributed by atoms with van der Waals surface area (Å²) in [6.45, 7) is 4.82. The van der Waals surface area contributed by atoms with Gasteiger partial charge in [0.2, 0.25) is 5.95 Å². The van der Waals surface area contributed by atoms with Crippen LogP contribution in [0.1, 0.15) is 26.2 Å². The molecule has 7 heteroatoms. The van der Waals surface area contributed by atoms with Crippen LogP contribution in [0.4, 0.5) is 11.8 Å². The van der Waals surface area contributed by atoms with E-state index in [1.165, 1.54) is 0 Å². The summed E-state index contributed by atoms with van der Waals surface area (Å²) in [5.74, 6) is 1.56. The summed E-state index contributed by atoms with van der Waals surface area (Å²) >= 11 is 0. The molecule has 1 atom stereocenters. The van der Waals surface area contributed by atoms with Gasteiger partial charge in [0.05, 0.1) is 12.4 Å². The summed E-state index contributed by atoms with van der Waals surface area (Å²) in [5, 5.41) is 3.25. The van der Waals surface area contributed by atoms with Crippen LogP contribution in [0.15, 0.2) is 6.33 Å². The summed E-state index contributed by atoms with van der Waals surface area (Å²) < 4.78 is 5.51. The van der Waals surface area contributed by atoms with Gasteiger partial charge in [-0.25, -0.2) is 4.98 Å². The van der Waals surface area contributed by atoms with Crippen molar-refractivity contribution in [3.63, 3.8) is 0 Å². The molecular formula is C14H22N6O. The average Bonchev–Trinajstić information content (AvgIpc) is 3.00. The molecule has 1 aliphatic heterocycles. The van der Waals surface area contributed by atoms with E-state index in [1.807, 2.05) is 0 Å². The van der Waals surface area contributed by atoms with E-state index < -0.39 is 0 Å². The highest BCUT2D eigenvalue weighted by molar-refractivity contribution is 5.84. The van der Waals surface area contributed by atoms with Crippen molar-refractivity contribution in [3.05, 3.63) is 6.33 Å². The zero-order chi connectivity index (χ0) is 14.7. The second kappa shape index (κ2) is 6.26. The third kappa shape index (κ3) is 2.92. The molecule has 1 unspecified atom stereocenters. The number of ether oxygens (including phenoxy) is 1. The third-order valence-corrected chi connectivity index (χ3v) is 3.81. The topological polar surface area (TPSA) is 79.0 Å². The molecule has 0 aromatic carbocycles. The van der Waals surface area contributed by atoms with Gasteiger partial charge < -0.3 is 19.9 Å². The van der Waals surface area contributed by atoms with Gasteiger partial charge in [0.1, 0.15) is 5.52 Å². The van der Waals surface area contributed by atoms with Crippen molar-refractivity contribution in [3.8, 4) is 0 Å². The van der Waals surface area contributed by atoms with Crippen LogP contribution < -0.4 is 10.2 Å². The lowest BCUT2D eigenvalue weighted by molar-refractivity contribution is 0.0892. The monoisotopic (exact) mass is 290 g/mol. The van der Waals surface area contributed by atoms with E-state index in [-0.39, 0.29) is 6.10 Å². The van der Waals surface area contributed by atoms with Crippen LogP contribution in [0.3, 0.4) is 0 Å². The molecule has 0 saturated carbocycles. The van der Waals surface area contributed by atoms with Crippen LogP contribution in [-0.4, -0.2) is 52.8 Å². The van der Waals surface area contributed by atoms with Crippen molar-refractivity contribution in [2.45, 2.75) is 32.3 Å². The van der Waals surface area contributed by atoms with E-state index in [2.05, 4.69) is 37.1 Å². The molecule has 2 aromatic heterocycles. The third-order valence-electron chi connectivity index (χ3n) is 3.81. The standard InChI is InChI=1S/C14H22N6O/c1-3-6-15-14-18-12-11(16-9-17-12)13(19-14)20-7-4-5-10(8-20)21-2/h9-10H,3-8H2,1-2H3,(H2,15,16,17,18,19). The smallest absolute Gasteiger partial charge is 0.226 e. The lowest BCUT2D eigenvalue weighted by Gasteiger charge is -2.32. The number of aromatic nitrogens is 4. The zero-order valence-electron chi connectivity index (χ0n) is 12.6. The highest BCUT2D eigenvalue weighted by Crippen LogP contribution is 2.26. The molecule has 7 nitrogen and oxygen atoms in total. The number of hydrogen-bond donors (Lipinski definition) is 2. The predicted molar refractivity (Wildman–Crippen MR) is 82.7 cm³/mol. The molecule has 1 fully saturated rings. The van der Waals surface area contributed by atoms with Gasteiger partial charge in [0.15, 0.2) is 11.5 Å². The number of aromatic amines is 1. The van der Waals surface area contributed by atoms with Gasteiger partial charge in [-0.05, 0) is 19.3 Å². The largest absolute Gasteiger partial charge is 0.380 e. The molecule has 0 radical (unpaired) electrons. The van der Waals surface area contributed by atoms with Gasteiger partial charge >= 0.3 is 0 Å². The molecule has 1 saturated heterocycles. The lowest BCUT2D eigenvalue weighted by Crippen LogP contribution is -2.40. The van der Waals surface area contributed by atoms with E-state index in [9.17, 15) is 0 Å². The normalized spacial score (nSPS) is 19.1. The fraction of sp³-hybridized carbons (Fsp3) is 0.643. The van der Waals surface area contributed by atoms with Crippen LogP contribution in [0.2, 0.25) is 0 Å². The first kappa shape index (κ1) is 14.1. The Bertz CT molecular complexity index is 598. The van der Waals surface area contributed by atoms with Gasteiger partial charge in [-0.2, -0.15) is 9.97 Å². The van der Waals surface area contributed by atoms with E-state index in [0.29, 0.717) is 11.6 Å². The van der Waals surface area contributed by atoms with Gasteiger partial charge in [0.25, 0.3) is 0 Å². The van der Waals surface area contributed by atoms with Crippen LogP contribution in [0.5, 0.6) is 0 Å². The van der Waals surface area contributed by atoms with Crippen molar-refractivity contribution in [1.29, 1.82) is 0 Å². The number of anilines is 2. The van der Waals surface area contributed by atoms with Crippen molar-refractivity contribution < 1.29 is 4.74 Å². The minimum atomic E-state index is 0.263. The number of nitrogens with one attached hydrogen (secondary N) is 2. The van der Waals surface area contributed by atoms with Crippen molar-refractivity contribution in [1.82, 2.24) is 19.9 Å². The Morgan fingerprint density at radius 1 is 1.48 bits per heavy atom. The Morgan fingerprint density at radius 2 is 2.38 bits per heavy atom. The summed E-state index contributed by atoms with van der Waals surface area (Å²) in [6, 6.07) is 0. The van der Waals surface area contributed by atoms with Gasteiger partial charge in [0, 0.05) is 26.7 Å². The second-order valence-corrected chi connectivity index (χ2v) is 5.34. The first-order valence-electron chi connectivity index (χ1n) is 7.54. The highest BCUT2D eigenvalue weighted by atomic mass is 16.5. The molecule has 0 bridgehead atoms. The van der Waals surface area contributed by atoms with Crippen LogP contribution >= 0.6 is 0 Å². The summed E-state index contributed by atoms with van der Waals surface area (Å²) in [6.07, 6.45) is 5.18. The van der Waals surface area contributed by atoms with E-state index in [4.69, 9.17) is 4.74 Å². The number of rotatable bonds is 5. The molecule has 114 valence electrons. The molecule has 2 N–H and O–H groups in total. The average molecular weight is 290 g/mol. The first-order chi connectivity index (χ1) is 10.3. The molecule has 3 heterocycles. The molecule has 0 spiro atoms. The van der Waals surface area contributed by atoms with Gasteiger partial charge in [-0.1, -0.05) is 6.92 Å². The quantitative estimate of drug-likeness (QED) is 0.874. The number of piperidine rings is 1. The Morgan fingerprint density at radius 3 is 3.19 bits per heavy atom. The maximum absolute atomic E-state index is 5.51. The van der Waals surface area contributed by atoms with Gasteiger partial charge in [-0.3, -0.25) is 0 Å². The Hall–Kier alpha value is -1.89. The number of nitrogens with zero attached hydrogens (tertiary/aromatic N) is 4. The highest BCUT2D eigenvalue weighted by Gasteiger charge is 2.23. The molecule has 2 aromatic rings. The molecule has 21 heavy (non-hydrogen) atoms. The number of hydrogen-bond acceptors (Lipinski definition) is 6. The Labute approximate surface area is 124 Å². The maximum Gasteiger partial charge on any atom is 0.226 e. The SMILES string of the molecule is CCCNc1nc(N2CCCC(OC)C2)c2[nH]cnc2n1. The van der Waals surface area contributed by atoms with Crippen LogP contribution in [0, 0.1) is 0 Å². The predicted octanol–water partition coefficient (Wildman–Crippen LogP) is 1.79. The maximum atomic E-state index is 5.51. The van der Waals surface area contributed by atoms with E-state index in [0.717, 1.165) is 50.2 Å². The van der Waals surface area contributed by atoms with E-state index >= 15 is 0 Å². The Kier molecular flexibility index (Phi) is 4.19. The van der Waals surface area contributed by atoms with Crippen molar-refractivity contribution >= 4 is 22.9 Å². The molecule has 3 rings (SSSR count). The summed E-state index contributed by atoms with van der Waals surface area (Å²) in [7, 11) is 1.77. The molecule has 0 aliphatic carbocycles. The van der Waals surface area contributed by atoms with Crippen LogP contribution in [0.25, 0.3) is 11.2 Å². The second-order valence-electron chi connectivity index (χ2n) is 5.34. The fourth-order valence-corrected chi connectivity index (χ4v) is 2.69. The number of fused-ring (bicyclic) bond motifs is 1. The lowest BCUT2D eigenvalue weighted by atomic mass is 10.1. The fourth-order valence-electron chi connectivity index (χ4n) is 2.69. The summed E-state index contributed by atoms with van der Waals surface area (Å²) in [5.41, 5.74) is 1.60. The number of methoxy groups -OCH3 is 1. The summed E-state index contributed by atoms with van der Waals surface area (Å²) in [4.78, 5) is 18.8. The minimum Gasteiger partial charge on any atom is -0.380 e. The van der Waals surface area contributed by atoms with Crippen molar-refractivity contribution in [2.75, 3.05) is 37.0 Å². The zero-order valence-corrected chi connectivity index (χ0v) is 12.6.